The van der Waals surface area contributed by atoms with E-state index in [0.29, 0.717) is 11.7 Å². The number of aryl methyl sites for hydroxylation is 1. The molecule has 2 atom stereocenters. The summed E-state index contributed by atoms with van der Waals surface area (Å²) < 4.78 is 4.30. The van der Waals surface area contributed by atoms with Gasteiger partial charge in [0.15, 0.2) is 0 Å². The first-order chi connectivity index (χ1) is 14.3. The number of nitrogens with one attached hydrogen (secondary N) is 1. The average molecular weight is 434 g/mol. The lowest BCUT2D eigenvalue weighted by molar-refractivity contribution is 0.0695. The third-order valence-corrected chi connectivity index (χ3v) is 6.68. The van der Waals surface area contributed by atoms with Gasteiger partial charge in [0.25, 0.3) is 5.91 Å². The van der Waals surface area contributed by atoms with Crippen molar-refractivity contribution in [1.82, 2.24) is 34.8 Å². The van der Waals surface area contributed by atoms with Crippen LogP contribution in [-0.4, -0.2) is 61.5 Å². The van der Waals surface area contributed by atoms with Gasteiger partial charge in [-0.1, -0.05) is 6.42 Å². The van der Waals surface area contributed by atoms with Crippen molar-refractivity contribution in [2.45, 2.75) is 69.9 Å². The van der Waals surface area contributed by atoms with Gasteiger partial charge in [-0.15, -0.1) is 22.6 Å². The number of amides is 1. The minimum atomic E-state index is 0. The Morgan fingerprint density at radius 2 is 2.00 bits per heavy atom. The van der Waals surface area contributed by atoms with Crippen molar-refractivity contribution in [3.05, 3.63) is 29.6 Å². The Balaban J connectivity index is 0.00000218. The number of hydrogen-bond donors (Lipinski definition) is 1. The number of aromatic nitrogens is 5. The maximum absolute atomic E-state index is 13.1. The van der Waals surface area contributed by atoms with E-state index >= 15 is 0 Å². The molecular weight excluding hydrogens is 402 g/mol. The molecular formula is C21H32ClN7O. The predicted molar refractivity (Wildman–Crippen MR) is 116 cm³/mol. The summed E-state index contributed by atoms with van der Waals surface area (Å²) in [6.07, 6.45) is 11.0. The molecule has 30 heavy (non-hydrogen) atoms. The largest absolute Gasteiger partial charge is 0.337 e. The minimum Gasteiger partial charge on any atom is -0.337 e. The summed E-state index contributed by atoms with van der Waals surface area (Å²) in [6.45, 7) is 4.54. The molecule has 5 rings (SSSR count). The van der Waals surface area contributed by atoms with Crippen molar-refractivity contribution in [2.24, 2.45) is 0 Å². The summed E-state index contributed by atoms with van der Waals surface area (Å²) >= 11 is 0. The first-order valence-corrected chi connectivity index (χ1v) is 11.3. The van der Waals surface area contributed by atoms with Gasteiger partial charge >= 0.3 is 0 Å². The molecule has 0 bridgehead atoms. The highest BCUT2D eigenvalue weighted by Gasteiger charge is 2.31. The van der Waals surface area contributed by atoms with Crippen LogP contribution in [-0.2, 0) is 13.0 Å². The highest BCUT2D eigenvalue weighted by molar-refractivity contribution is 5.92. The van der Waals surface area contributed by atoms with Crippen LogP contribution in [0.25, 0.3) is 0 Å². The normalized spacial score (nSPS) is 24.6. The van der Waals surface area contributed by atoms with Gasteiger partial charge in [-0.05, 0) is 51.1 Å². The van der Waals surface area contributed by atoms with E-state index in [1.165, 1.54) is 19.3 Å². The molecule has 0 radical (unpaired) electrons. The second-order valence-corrected chi connectivity index (χ2v) is 8.71. The Morgan fingerprint density at radius 3 is 2.87 bits per heavy atom. The van der Waals surface area contributed by atoms with E-state index in [-0.39, 0.29) is 24.2 Å². The molecule has 1 N–H and O–H groups in total. The molecule has 0 aliphatic carbocycles. The lowest BCUT2D eigenvalue weighted by Gasteiger charge is -2.32. The number of carbonyl (C=O) groups is 1. The molecule has 8 nitrogen and oxygen atoms in total. The van der Waals surface area contributed by atoms with Gasteiger partial charge in [-0.3, -0.25) is 9.48 Å². The maximum atomic E-state index is 13.1. The second-order valence-electron chi connectivity index (χ2n) is 8.71. The van der Waals surface area contributed by atoms with Gasteiger partial charge in [0, 0.05) is 44.7 Å². The smallest absolute Gasteiger partial charge is 0.274 e. The van der Waals surface area contributed by atoms with Crippen LogP contribution in [0.3, 0.4) is 0 Å². The molecule has 3 aliphatic rings. The lowest BCUT2D eigenvalue weighted by atomic mass is 9.96. The Morgan fingerprint density at radius 1 is 1.07 bits per heavy atom. The number of piperidine rings is 2. The Labute approximate surface area is 183 Å². The molecule has 5 heterocycles. The predicted octanol–water partition coefficient (Wildman–Crippen LogP) is 2.57. The summed E-state index contributed by atoms with van der Waals surface area (Å²) in [4.78, 5) is 15.1. The number of fused-ring (bicyclic) bond motifs is 1. The Kier molecular flexibility index (Phi) is 6.73. The number of nitrogens with zero attached hydrogens (tertiary/aromatic N) is 6. The van der Waals surface area contributed by atoms with Gasteiger partial charge in [0.2, 0.25) is 0 Å². The van der Waals surface area contributed by atoms with E-state index in [4.69, 9.17) is 0 Å². The van der Waals surface area contributed by atoms with Gasteiger partial charge in [-0.25, -0.2) is 0 Å². The zero-order valence-corrected chi connectivity index (χ0v) is 18.3. The number of halogens is 1. The topological polar surface area (TPSA) is 80.9 Å². The van der Waals surface area contributed by atoms with Gasteiger partial charge in [0.05, 0.1) is 6.04 Å². The number of rotatable bonds is 3. The molecule has 0 saturated carbocycles. The summed E-state index contributed by atoms with van der Waals surface area (Å²) in [5, 5.41) is 17.1. The van der Waals surface area contributed by atoms with E-state index in [1.54, 1.807) is 0 Å². The first kappa shape index (κ1) is 21.3. The number of likely N-dealkylation sites (tertiary alicyclic amines) is 1. The quantitative estimate of drug-likeness (QED) is 0.804. The fourth-order valence-corrected chi connectivity index (χ4v) is 5.06. The zero-order chi connectivity index (χ0) is 19.6. The molecule has 2 unspecified atom stereocenters. The Hall–Kier alpha value is -1.93. The highest BCUT2D eigenvalue weighted by Crippen LogP contribution is 2.28. The van der Waals surface area contributed by atoms with Crippen LogP contribution in [0.15, 0.2) is 12.3 Å². The molecule has 2 fully saturated rings. The summed E-state index contributed by atoms with van der Waals surface area (Å²) in [7, 11) is 0. The monoisotopic (exact) mass is 433 g/mol. The van der Waals surface area contributed by atoms with E-state index in [0.717, 1.165) is 76.5 Å². The fourth-order valence-electron chi connectivity index (χ4n) is 5.06. The van der Waals surface area contributed by atoms with E-state index in [9.17, 15) is 4.79 Å². The standard InChI is InChI=1S/C21H31N7O.ClH/c29-21(18-9-13-28(25-18)17-7-4-10-22-14-17)26-11-5-6-16(15-26)20-24-23-19-8-2-1-3-12-27(19)20;/h9,13,16-17,22H,1-8,10-12,14-15H2;1H. The summed E-state index contributed by atoms with van der Waals surface area (Å²) in [5.74, 6) is 2.53. The Bertz CT molecular complexity index is 857. The fraction of sp³-hybridized carbons (Fsp3) is 0.714. The number of hydrogen-bond acceptors (Lipinski definition) is 5. The molecule has 2 aromatic heterocycles. The van der Waals surface area contributed by atoms with Crippen LogP contribution < -0.4 is 5.32 Å². The van der Waals surface area contributed by atoms with Crippen molar-refractivity contribution in [3.8, 4) is 0 Å². The van der Waals surface area contributed by atoms with Crippen molar-refractivity contribution < 1.29 is 4.79 Å². The van der Waals surface area contributed by atoms with Gasteiger partial charge < -0.3 is 14.8 Å². The molecule has 3 aliphatic heterocycles. The van der Waals surface area contributed by atoms with Crippen molar-refractivity contribution in [3.63, 3.8) is 0 Å². The van der Waals surface area contributed by atoms with Crippen LogP contribution in [0.1, 0.15) is 79.0 Å². The van der Waals surface area contributed by atoms with E-state index < -0.39 is 0 Å². The van der Waals surface area contributed by atoms with Crippen LogP contribution >= 0.6 is 12.4 Å². The second kappa shape index (κ2) is 9.47. The van der Waals surface area contributed by atoms with Crippen molar-refractivity contribution >= 4 is 18.3 Å². The third kappa shape index (κ3) is 4.25. The summed E-state index contributed by atoms with van der Waals surface area (Å²) in [6, 6.07) is 2.23. The van der Waals surface area contributed by atoms with Crippen molar-refractivity contribution in [1.29, 1.82) is 0 Å². The third-order valence-electron chi connectivity index (χ3n) is 6.68. The highest BCUT2D eigenvalue weighted by atomic mass is 35.5. The van der Waals surface area contributed by atoms with Crippen LogP contribution in [0.2, 0.25) is 0 Å². The van der Waals surface area contributed by atoms with E-state index in [2.05, 4.69) is 25.2 Å². The molecule has 0 spiro atoms. The van der Waals surface area contributed by atoms with E-state index in [1.807, 2.05) is 21.8 Å². The minimum absolute atomic E-state index is 0. The maximum Gasteiger partial charge on any atom is 0.274 e. The van der Waals surface area contributed by atoms with Crippen LogP contribution in [0.4, 0.5) is 0 Å². The van der Waals surface area contributed by atoms with Gasteiger partial charge in [0.1, 0.15) is 17.3 Å². The molecule has 2 aromatic rings. The molecule has 0 aromatic carbocycles. The van der Waals surface area contributed by atoms with Crippen molar-refractivity contribution in [2.75, 3.05) is 26.2 Å². The SMILES string of the molecule is Cl.O=C(c1ccn(C2CCCNC2)n1)N1CCCC(c2nnc3n2CCCCC3)C1. The summed E-state index contributed by atoms with van der Waals surface area (Å²) in [5.41, 5.74) is 0.566. The zero-order valence-electron chi connectivity index (χ0n) is 17.5. The first-order valence-electron chi connectivity index (χ1n) is 11.3. The lowest BCUT2D eigenvalue weighted by Crippen LogP contribution is -2.40. The number of carbonyl (C=O) groups excluding carboxylic acids is 1. The molecule has 9 heteroatoms. The molecule has 1 amide bonds. The molecule has 2 saturated heterocycles. The molecule has 164 valence electrons. The van der Waals surface area contributed by atoms with Gasteiger partial charge in [-0.2, -0.15) is 5.10 Å². The van der Waals surface area contributed by atoms with Crippen LogP contribution in [0.5, 0.6) is 0 Å². The van der Waals surface area contributed by atoms with Crippen LogP contribution in [0, 0.1) is 0 Å². The average Bonchev–Trinajstić information content (AvgIpc) is 3.36.